The number of nitrogens with zero attached hydrogens (tertiary/aromatic N) is 6. The zero-order chi connectivity index (χ0) is 23.9. The van der Waals surface area contributed by atoms with Crippen molar-refractivity contribution in [1.29, 1.82) is 0 Å². The molecule has 1 aromatic rings. The first-order valence-corrected chi connectivity index (χ1v) is 10.4. The predicted molar refractivity (Wildman–Crippen MR) is 115 cm³/mol. The maximum absolute atomic E-state index is 12.8. The van der Waals surface area contributed by atoms with Crippen LogP contribution in [-0.4, -0.2) is 43.0 Å². The van der Waals surface area contributed by atoms with Crippen molar-refractivity contribution in [3.8, 4) is 0 Å². The Kier molecular flexibility index (Phi) is 8.48. The lowest BCUT2D eigenvalue weighted by Crippen LogP contribution is -2.63. The summed E-state index contributed by atoms with van der Waals surface area (Å²) in [5.41, 5.74) is 16.4. The number of esters is 2. The molecule has 1 saturated heterocycles. The largest absolute Gasteiger partial charge is 0.467 e. The van der Waals surface area contributed by atoms with Crippen molar-refractivity contribution in [3.05, 3.63) is 56.8 Å². The van der Waals surface area contributed by atoms with E-state index in [-0.39, 0.29) is 11.8 Å². The lowest BCUT2D eigenvalue weighted by Gasteiger charge is -2.49. The van der Waals surface area contributed by atoms with Crippen LogP contribution < -0.4 is 0 Å². The molecule has 0 bridgehead atoms. The van der Waals surface area contributed by atoms with E-state index in [1.54, 1.807) is 37.3 Å². The van der Waals surface area contributed by atoms with Crippen molar-refractivity contribution in [2.24, 2.45) is 28.0 Å². The topological polar surface area (TPSA) is 159 Å². The second kappa shape index (κ2) is 10.9. The van der Waals surface area contributed by atoms with E-state index in [4.69, 9.17) is 19.7 Å². The monoisotopic (exact) mass is 444 g/mol. The highest BCUT2D eigenvalue weighted by Crippen LogP contribution is 2.44. The Labute approximate surface area is 186 Å². The van der Waals surface area contributed by atoms with Crippen molar-refractivity contribution >= 4 is 11.9 Å². The molecule has 2 rings (SSSR count). The number of hydrogen-bond donors (Lipinski definition) is 0. The number of ether oxygens (including phenoxy) is 3. The van der Waals surface area contributed by atoms with Gasteiger partial charge in [0.25, 0.3) is 5.72 Å². The Morgan fingerprint density at radius 1 is 1.19 bits per heavy atom. The lowest BCUT2D eigenvalue weighted by molar-refractivity contribution is -0.227. The zero-order valence-electron chi connectivity index (χ0n) is 18.8. The Hall–Kier alpha value is -3.26. The van der Waals surface area contributed by atoms with E-state index < -0.39 is 41.8 Å². The molecule has 11 nitrogen and oxygen atoms in total. The Bertz CT molecular complexity index is 915. The van der Waals surface area contributed by atoms with Gasteiger partial charge in [-0.1, -0.05) is 51.0 Å². The maximum atomic E-state index is 12.8. The van der Waals surface area contributed by atoms with Gasteiger partial charge < -0.3 is 14.2 Å². The van der Waals surface area contributed by atoms with Crippen molar-refractivity contribution in [2.45, 2.75) is 58.1 Å². The lowest BCUT2D eigenvalue weighted by atomic mass is 9.74. The van der Waals surface area contributed by atoms with Crippen LogP contribution >= 0.6 is 0 Å². The molecule has 0 saturated carbocycles. The minimum atomic E-state index is -2.23. The quantitative estimate of drug-likeness (QED) is 0.243. The average molecular weight is 444 g/mol. The summed E-state index contributed by atoms with van der Waals surface area (Å²) < 4.78 is 16.8. The Morgan fingerprint density at radius 3 is 2.38 bits per heavy atom. The SMILES string of the molecule is CC[C@@H](C)[C@@H](OC(=O)c1ccccc1)C1O[C@](N=[N+]=[N-])(C(=O)OC)C(N=[N+]=[N-])[C@@H](C)[C@H]1C. The fraction of sp³-hybridized carbons (Fsp3) is 0.619. The van der Waals surface area contributed by atoms with Gasteiger partial charge >= 0.3 is 11.9 Å². The molecule has 0 N–H and O–H groups in total. The van der Waals surface area contributed by atoms with E-state index in [0.29, 0.717) is 12.0 Å². The smallest absolute Gasteiger partial charge is 0.344 e. The molecule has 0 aliphatic carbocycles. The van der Waals surface area contributed by atoms with Crippen LogP contribution in [0.4, 0.5) is 0 Å². The van der Waals surface area contributed by atoms with Gasteiger partial charge in [-0.25, -0.2) is 9.59 Å². The minimum absolute atomic E-state index is 0.153. The van der Waals surface area contributed by atoms with Crippen LogP contribution in [0.2, 0.25) is 0 Å². The van der Waals surface area contributed by atoms with Crippen LogP contribution in [0.15, 0.2) is 40.6 Å². The summed E-state index contributed by atoms with van der Waals surface area (Å²) in [4.78, 5) is 31.2. The van der Waals surface area contributed by atoms with E-state index in [0.717, 1.165) is 7.11 Å². The first-order valence-electron chi connectivity index (χ1n) is 10.4. The van der Waals surface area contributed by atoms with E-state index in [9.17, 15) is 15.1 Å². The van der Waals surface area contributed by atoms with E-state index in [1.807, 2.05) is 20.8 Å². The summed E-state index contributed by atoms with van der Waals surface area (Å²) in [7, 11) is 1.12. The second-order valence-corrected chi connectivity index (χ2v) is 7.95. The number of carbonyl (C=O) groups excluding carboxylic acids is 2. The van der Waals surface area contributed by atoms with Crippen LogP contribution in [-0.2, 0) is 19.0 Å². The average Bonchev–Trinajstić information content (AvgIpc) is 2.81. The van der Waals surface area contributed by atoms with Gasteiger partial charge in [0.1, 0.15) is 6.10 Å². The van der Waals surface area contributed by atoms with Gasteiger partial charge in [-0.05, 0) is 52.5 Å². The van der Waals surface area contributed by atoms with Gasteiger partial charge in [0.05, 0.1) is 24.8 Å². The van der Waals surface area contributed by atoms with Crippen LogP contribution in [0.3, 0.4) is 0 Å². The number of azide groups is 2. The third-order valence-corrected chi connectivity index (χ3v) is 6.19. The van der Waals surface area contributed by atoms with Gasteiger partial charge in [-0.15, -0.1) is 0 Å². The van der Waals surface area contributed by atoms with Crippen LogP contribution in [0, 0.1) is 17.8 Å². The molecule has 0 radical (unpaired) electrons. The molecule has 0 amide bonds. The molecular formula is C21H28N6O5. The van der Waals surface area contributed by atoms with E-state index in [1.165, 1.54) is 0 Å². The highest BCUT2D eigenvalue weighted by Gasteiger charge is 2.59. The first kappa shape index (κ1) is 25.0. The normalized spacial score (nSPS) is 28.9. The van der Waals surface area contributed by atoms with Crippen molar-refractivity contribution in [2.75, 3.05) is 7.11 Å². The van der Waals surface area contributed by atoms with Crippen LogP contribution in [0.1, 0.15) is 44.5 Å². The maximum Gasteiger partial charge on any atom is 0.344 e. The Balaban J connectivity index is 2.55. The third-order valence-electron chi connectivity index (χ3n) is 6.19. The highest BCUT2D eigenvalue weighted by molar-refractivity contribution is 5.89. The standard InChI is InChI=1S/C21H28N6O5/c1-6-12(2)16(31-19(28)15-10-8-7-9-11-15)17-13(3)14(4)18(24-26-22)21(32-17,25-27-23)20(29)30-5/h7-14,16-18H,6H2,1-5H3/t12-,13-,14+,16-,17?,18?,21+/m1/s1. The number of benzene rings is 1. The molecule has 2 unspecified atom stereocenters. The fourth-order valence-corrected chi connectivity index (χ4v) is 3.94. The van der Waals surface area contributed by atoms with Gasteiger partial charge in [0, 0.05) is 9.82 Å². The van der Waals surface area contributed by atoms with Crippen molar-refractivity contribution in [1.82, 2.24) is 0 Å². The number of carbonyl (C=O) groups is 2. The summed E-state index contributed by atoms with van der Waals surface area (Å²) in [5, 5.41) is 7.31. The van der Waals surface area contributed by atoms with Crippen LogP contribution in [0.25, 0.3) is 20.9 Å². The fourth-order valence-electron chi connectivity index (χ4n) is 3.94. The minimum Gasteiger partial charge on any atom is -0.467 e. The molecule has 1 aliphatic heterocycles. The summed E-state index contributed by atoms with van der Waals surface area (Å²) in [6.45, 7) is 7.44. The molecule has 1 aliphatic rings. The molecule has 11 heteroatoms. The molecule has 0 aromatic heterocycles. The summed E-state index contributed by atoms with van der Waals surface area (Å²) in [6, 6.07) is 7.37. The summed E-state index contributed by atoms with van der Waals surface area (Å²) in [6.07, 6.45) is -0.947. The van der Waals surface area contributed by atoms with Crippen LogP contribution in [0.5, 0.6) is 0 Å². The molecule has 1 heterocycles. The first-order chi connectivity index (χ1) is 15.3. The van der Waals surface area contributed by atoms with Crippen molar-refractivity contribution in [3.63, 3.8) is 0 Å². The second-order valence-electron chi connectivity index (χ2n) is 7.95. The molecule has 7 atom stereocenters. The number of methoxy groups -OCH3 is 1. The van der Waals surface area contributed by atoms with Gasteiger partial charge in [0.15, 0.2) is 0 Å². The number of rotatable bonds is 8. The molecule has 172 valence electrons. The zero-order valence-corrected chi connectivity index (χ0v) is 18.8. The highest BCUT2D eigenvalue weighted by atomic mass is 16.6. The third kappa shape index (κ3) is 4.80. The summed E-state index contributed by atoms with van der Waals surface area (Å²) >= 11 is 0. The molecule has 1 fully saturated rings. The van der Waals surface area contributed by atoms with Gasteiger partial charge in [-0.3, -0.25) is 0 Å². The van der Waals surface area contributed by atoms with E-state index in [2.05, 4.69) is 20.1 Å². The molecule has 0 spiro atoms. The molecule has 1 aromatic carbocycles. The summed E-state index contributed by atoms with van der Waals surface area (Å²) in [5.74, 6) is -2.46. The predicted octanol–water partition coefficient (Wildman–Crippen LogP) is 4.79. The number of hydrogen-bond acceptors (Lipinski definition) is 7. The molecular weight excluding hydrogens is 416 g/mol. The van der Waals surface area contributed by atoms with Crippen molar-refractivity contribution < 1.29 is 23.8 Å². The van der Waals surface area contributed by atoms with Gasteiger partial charge in [0.2, 0.25) is 0 Å². The van der Waals surface area contributed by atoms with Gasteiger partial charge in [-0.2, -0.15) is 0 Å². The molecule has 32 heavy (non-hydrogen) atoms. The Morgan fingerprint density at radius 2 is 1.84 bits per heavy atom. The van der Waals surface area contributed by atoms with E-state index >= 15 is 0 Å².